The van der Waals surface area contributed by atoms with E-state index in [0.717, 1.165) is 24.8 Å². The van der Waals surface area contributed by atoms with Crippen LogP contribution >= 0.6 is 0 Å². The fourth-order valence-corrected chi connectivity index (χ4v) is 4.13. The van der Waals surface area contributed by atoms with Gasteiger partial charge < -0.3 is 16.2 Å². The maximum Gasteiger partial charge on any atom is 0.237 e. The van der Waals surface area contributed by atoms with Crippen molar-refractivity contribution in [3.8, 4) is 0 Å². The van der Waals surface area contributed by atoms with Crippen LogP contribution in [0.3, 0.4) is 0 Å². The number of carbonyl (C=O) groups excluding carboxylic acids is 2. The van der Waals surface area contributed by atoms with Crippen molar-refractivity contribution in [3.63, 3.8) is 0 Å². The van der Waals surface area contributed by atoms with Crippen LogP contribution in [0.1, 0.15) is 67.7 Å². The summed E-state index contributed by atoms with van der Waals surface area (Å²) in [6, 6.07) is -1.19. The molecule has 0 aromatic carbocycles. The van der Waals surface area contributed by atoms with E-state index in [0.29, 0.717) is 5.92 Å². The van der Waals surface area contributed by atoms with Crippen molar-refractivity contribution in [1.29, 1.82) is 0 Å². The van der Waals surface area contributed by atoms with Gasteiger partial charge in [0.15, 0.2) is 5.78 Å². The predicted molar refractivity (Wildman–Crippen MR) is 128 cm³/mol. The summed E-state index contributed by atoms with van der Waals surface area (Å²) in [7, 11) is 0. The molecule has 4 atom stereocenters. The molecule has 1 aliphatic carbocycles. The second kappa shape index (κ2) is 12.2. The minimum absolute atomic E-state index is 0.0606. The topological polar surface area (TPSA) is 92.4 Å². The molecule has 0 aromatic rings. The number of amides is 1. The van der Waals surface area contributed by atoms with Crippen molar-refractivity contribution in [2.24, 2.45) is 23.0 Å². The Labute approximate surface area is 188 Å². The first-order chi connectivity index (χ1) is 14.4. The number of aliphatic hydroxyl groups is 1. The third kappa shape index (κ3) is 7.89. The lowest BCUT2D eigenvalue weighted by Crippen LogP contribution is -2.50. The van der Waals surface area contributed by atoms with E-state index in [1.165, 1.54) is 11.1 Å². The smallest absolute Gasteiger partial charge is 0.237 e. The molecular formula is C26H42N2O3. The Hall–Kier alpha value is -1.98. The number of Topliss-reactive ketones (excluding diaryl/α,β-unsaturated/α-hetero) is 1. The van der Waals surface area contributed by atoms with E-state index in [9.17, 15) is 9.59 Å². The normalized spacial score (nSPS) is 22.6. The molecule has 0 aliphatic heterocycles. The van der Waals surface area contributed by atoms with Crippen molar-refractivity contribution in [1.82, 2.24) is 5.32 Å². The summed E-state index contributed by atoms with van der Waals surface area (Å²) < 4.78 is 0. The van der Waals surface area contributed by atoms with Gasteiger partial charge in [-0.3, -0.25) is 9.59 Å². The summed E-state index contributed by atoms with van der Waals surface area (Å²) in [6.07, 6.45) is 12.8. The molecular weight excluding hydrogens is 388 g/mol. The first-order valence-electron chi connectivity index (χ1n) is 11.4. The highest BCUT2D eigenvalue weighted by atomic mass is 16.3. The average Bonchev–Trinajstić information content (AvgIpc) is 2.66. The highest BCUT2D eigenvalue weighted by Gasteiger charge is 2.42. The molecule has 5 nitrogen and oxygen atoms in total. The lowest BCUT2D eigenvalue weighted by atomic mass is 9.63. The van der Waals surface area contributed by atoms with E-state index in [4.69, 9.17) is 10.8 Å². The van der Waals surface area contributed by atoms with Crippen molar-refractivity contribution in [2.75, 3.05) is 6.61 Å². The summed E-state index contributed by atoms with van der Waals surface area (Å²) in [5.74, 6) is -0.0617. The second-order valence-electron chi connectivity index (χ2n) is 9.55. The molecule has 0 heterocycles. The monoisotopic (exact) mass is 430 g/mol. The first kappa shape index (κ1) is 27.1. The van der Waals surface area contributed by atoms with Crippen molar-refractivity contribution in [3.05, 3.63) is 47.1 Å². The zero-order valence-corrected chi connectivity index (χ0v) is 20.4. The number of hydrogen-bond acceptors (Lipinski definition) is 4. The largest absolute Gasteiger partial charge is 0.396 e. The average molecular weight is 431 g/mol. The quantitative estimate of drug-likeness (QED) is 0.452. The van der Waals surface area contributed by atoms with Gasteiger partial charge in [-0.15, -0.1) is 0 Å². The van der Waals surface area contributed by atoms with Crippen LogP contribution in [0.4, 0.5) is 0 Å². The molecule has 5 heteroatoms. The summed E-state index contributed by atoms with van der Waals surface area (Å²) in [4.78, 5) is 25.1. The molecule has 31 heavy (non-hydrogen) atoms. The molecule has 0 radical (unpaired) electrons. The molecule has 1 amide bonds. The Morgan fingerprint density at radius 1 is 1.29 bits per heavy atom. The van der Waals surface area contributed by atoms with Gasteiger partial charge in [-0.05, 0) is 63.9 Å². The van der Waals surface area contributed by atoms with Gasteiger partial charge in [-0.2, -0.15) is 0 Å². The number of aliphatic hydroxyl groups excluding tert-OH is 1. The Bertz CT molecular complexity index is 757. The Balaban J connectivity index is 2.98. The number of hydrogen-bond donors (Lipinski definition) is 3. The SMILES string of the molecule is CC1=C(/C=C/C(C)=C/C=C/C(C)CCO)C(C)(C)C(C(=O)[C@H](C)NC(=O)[C@H](C)N)CC1. The molecule has 0 saturated carbocycles. The molecule has 0 saturated heterocycles. The molecule has 2 unspecified atom stereocenters. The van der Waals surface area contributed by atoms with Crippen molar-refractivity contribution < 1.29 is 14.7 Å². The van der Waals surface area contributed by atoms with E-state index < -0.39 is 12.1 Å². The highest BCUT2D eigenvalue weighted by molar-refractivity contribution is 5.92. The summed E-state index contributed by atoms with van der Waals surface area (Å²) >= 11 is 0. The van der Waals surface area contributed by atoms with Crippen molar-refractivity contribution in [2.45, 2.75) is 79.8 Å². The van der Waals surface area contributed by atoms with E-state index >= 15 is 0 Å². The first-order valence-corrected chi connectivity index (χ1v) is 11.4. The van der Waals surface area contributed by atoms with Gasteiger partial charge in [0.25, 0.3) is 0 Å². The number of nitrogens with two attached hydrogens (primary N) is 1. The van der Waals surface area contributed by atoms with Crippen LogP contribution in [0.5, 0.6) is 0 Å². The van der Waals surface area contributed by atoms with Crippen LogP contribution in [0.2, 0.25) is 0 Å². The van der Waals surface area contributed by atoms with Crippen LogP contribution in [-0.2, 0) is 9.59 Å². The molecule has 0 aromatic heterocycles. The molecule has 0 bridgehead atoms. The second-order valence-corrected chi connectivity index (χ2v) is 9.55. The molecule has 4 N–H and O–H groups in total. The van der Waals surface area contributed by atoms with Crippen LogP contribution in [0.15, 0.2) is 47.1 Å². The number of rotatable bonds is 10. The highest BCUT2D eigenvalue weighted by Crippen LogP contribution is 2.46. The minimum Gasteiger partial charge on any atom is -0.396 e. The zero-order valence-electron chi connectivity index (χ0n) is 20.4. The third-order valence-corrected chi connectivity index (χ3v) is 6.27. The van der Waals surface area contributed by atoms with Crippen LogP contribution in [0.25, 0.3) is 0 Å². The van der Waals surface area contributed by atoms with Crippen LogP contribution in [0, 0.1) is 17.3 Å². The van der Waals surface area contributed by atoms with Gasteiger partial charge >= 0.3 is 0 Å². The lowest BCUT2D eigenvalue weighted by molar-refractivity contribution is -0.132. The number of ketones is 1. The number of carbonyl (C=O) groups is 2. The van der Waals surface area contributed by atoms with Crippen LogP contribution in [-0.4, -0.2) is 35.5 Å². The number of allylic oxidation sites excluding steroid dienone is 8. The summed E-state index contributed by atoms with van der Waals surface area (Å²) in [5, 5.41) is 11.7. The van der Waals surface area contributed by atoms with E-state index in [1.807, 2.05) is 6.08 Å². The Morgan fingerprint density at radius 3 is 2.52 bits per heavy atom. The van der Waals surface area contributed by atoms with Crippen molar-refractivity contribution >= 4 is 11.7 Å². The van der Waals surface area contributed by atoms with E-state index in [2.05, 4.69) is 64.2 Å². The predicted octanol–water partition coefficient (Wildman–Crippen LogP) is 4.24. The Morgan fingerprint density at radius 2 is 1.94 bits per heavy atom. The molecule has 1 rings (SSSR count). The van der Waals surface area contributed by atoms with Gasteiger partial charge in [-0.1, -0.05) is 62.3 Å². The fourth-order valence-electron chi connectivity index (χ4n) is 4.13. The van der Waals surface area contributed by atoms with E-state index in [-0.39, 0.29) is 29.6 Å². The van der Waals surface area contributed by atoms with Gasteiger partial charge in [-0.25, -0.2) is 0 Å². The van der Waals surface area contributed by atoms with Crippen LogP contribution < -0.4 is 11.1 Å². The standard InChI is InChI=1S/C26H42N2O3/c1-17(9-8-10-18(2)15-16-29)11-13-22-19(3)12-14-23(26(22,6)7)24(30)21(5)28-25(31)20(4)27/h8-11,13,18,20-21,23,29H,12,14-16,27H2,1-7H3,(H,28,31)/b10-8+,13-11+,17-9+/t18?,20-,21-,23?/m0/s1. The maximum atomic E-state index is 13.2. The van der Waals surface area contributed by atoms with Gasteiger partial charge in [0.2, 0.25) is 5.91 Å². The van der Waals surface area contributed by atoms with Gasteiger partial charge in [0.1, 0.15) is 0 Å². The van der Waals surface area contributed by atoms with E-state index in [1.54, 1.807) is 13.8 Å². The summed E-state index contributed by atoms with van der Waals surface area (Å²) in [6.45, 7) is 14.1. The van der Waals surface area contributed by atoms with Gasteiger partial charge in [0.05, 0.1) is 12.1 Å². The van der Waals surface area contributed by atoms with Gasteiger partial charge in [0, 0.05) is 12.5 Å². The molecule has 0 spiro atoms. The molecule has 1 aliphatic rings. The molecule has 0 fully saturated rings. The maximum absolute atomic E-state index is 13.2. The Kier molecular flexibility index (Phi) is 10.6. The lowest BCUT2D eigenvalue weighted by Gasteiger charge is -2.41. The zero-order chi connectivity index (χ0) is 23.8. The third-order valence-electron chi connectivity index (χ3n) is 6.27. The summed E-state index contributed by atoms with van der Waals surface area (Å²) in [5.41, 5.74) is 8.92. The minimum atomic E-state index is -0.634. The molecule has 174 valence electrons. The number of nitrogens with one attached hydrogen (secondary N) is 1. The fraction of sp³-hybridized carbons (Fsp3) is 0.615.